The highest BCUT2D eigenvalue weighted by Crippen LogP contribution is 2.25. The molecule has 0 aliphatic heterocycles. The highest BCUT2D eigenvalue weighted by Gasteiger charge is 2.36. The number of halogens is 1. The van der Waals surface area contributed by atoms with Crippen molar-refractivity contribution in [3.8, 4) is 0 Å². The van der Waals surface area contributed by atoms with E-state index in [1.807, 2.05) is 0 Å². The molecule has 0 bridgehead atoms. The molecule has 0 saturated carbocycles. The molecule has 0 N–H and O–H groups in total. The third kappa shape index (κ3) is 1.19. The Labute approximate surface area is 63.1 Å². The first-order valence-electron chi connectivity index (χ1n) is 2.83. The van der Waals surface area contributed by atoms with Crippen molar-refractivity contribution in [2.45, 2.75) is 11.4 Å². The maximum atomic E-state index is 10.3. The molecule has 4 heteroatoms. The van der Waals surface area contributed by atoms with E-state index in [9.17, 15) is 10.1 Å². The van der Waals surface area contributed by atoms with Crippen molar-refractivity contribution in [1.82, 2.24) is 0 Å². The van der Waals surface area contributed by atoms with Crippen molar-refractivity contribution < 1.29 is 4.92 Å². The van der Waals surface area contributed by atoms with Crippen molar-refractivity contribution >= 4 is 11.6 Å². The van der Waals surface area contributed by atoms with Crippen LogP contribution in [0.15, 0.2) is 24.3 Å². The largest absolute Gasteiger partial charge is 0.317 e. The minimum Gasteiger partial charge on any atom is -0.262 e. The smallest absolute Gasteiger partial charge is 0.262 e. The van der Waals surface area contributed by atoms with Crippen LogP contribution < -0.4 is 0 Å². The fraction of sp³-hybridized carbons (Fsp3) is 0.333. The molecule has 1 aliphatic carbocycles. The van der Waals surface area contributed by atoms with Crippen LogP contribution in [-0.2, 0) is 0 Å². The summed E-state index contributed by atoms with van der Waals surface area (Å²) < 4.78 is 0. The standard InChI is InChI=1S/C6H6ClNO2/c7-6(8(9)10)4-2-1-3-5-6/h1-4H,5H2. The molecule has 0 saturated heterocycles. The van der Waals surface area contributed by atoms with E-state index >= 15 is 0 Å². The van der Waals surface area contributed by atoms with Gasteiger partial charge in [0.25, 0.3) is 0 Å². The Balaban J connectivity index is 2.80. The third-order valence-electron chi connectivity index (χ3n) is 1.31. The molecule has 3 nitrogen and oxygen atoms in total. The van der Waals surface area contributed by atoms with Crippen molar-refractivity contribution in [2.75, 3.05) is 0 Å². The maximum absolute atomic E-state index is 10.3. The first-order chi connectivity index (χ1) is 4.65. The minimum atomic E-state index is -1.39. The second kappa shape index (κ2) is 2.42. The number of hydrogen-bond donors (Lipinski definition) is 0. The van der Waals surface area contributed by atoms with Gasteiger partial charge in [-0.1, -0.05) is 18.2 Å². The number of nitro groups is 1. The molecule has 1 atom stereocenters. The summed E-state index contributed by atoms with van der Waals surface area (Å²) in [5.41, 5.74) is 0. The number of hydrogen-bond acceptors (Lipinski definition) is 2. The summed E-state index contributed by atoms with van der Waals surface area (Å²) >= 11 is 5.57. The van der Waals surface area contributed by atoms with Crippen molar-refractivity contribution in [1.29, 1.82) is 0 Å². The molecule has 0 spiro atoms. The van der Waals surface area contributed by atoms with E-state index in [2.05, 4.69) is 0 Å². The lowest BCUT2D eigenvalue weighted by molar-refractivity contribution is -0.527. The summed E-state index contributed by atoms with van der Waals surface area (Å²) in [6.07, 6.45) is 6.64. The molecule has 0 fully saturated rings. The normalized spacial score (nSPS) is 30.5. The molecule has 10 heavy (non-hydrogen) atoms. The monoisotopic (exact) mass is 159 g/mol. The Morgan fingerprint density at radius 3 is 2.60 bits per heavy atom. The zero-order chi connectivity index (χ0) is 7.61. The van der Waals surface area contributed by atoms with Gasteiger partial charge in [0.05, 0.1) is 6.42 Å². The Hall–Kier alpha value is -0.830. The second-order valence-corrected chi connectivity index (χ2v) is 2.72. The Kier molecular flexibility index (Phi) is 1.76. The molecule has 54 valence electrons. The van der Waals surface area contributed by atoms with Gasteiger partial charge < -0.3 is 0 Å². The van der Waals surface area contributed by atoms with Crippen LogP contribution in [0.1, 0.15) is 6.42 Å². The lowest BCUT2D eigenvalue weighted by atomic mass is 10.1. The summed E-state index contributed by atoms with van der Waals surface area (Å²) in [5.74, 6) is 0. The topological polar surface area (TPSA) is 43.1 Å². The molecule has 1 rings (SSSR count). The molecule has 1 unspecified atom stereocenters. The van der Waals surface area contributed by atoms with Gasteiger partial charge in [0.15, 0.2) is 0 Å². The fourth-order valence-electron chi connectivity index (χ4n) is 0.718. The van der Waals surface area contributed by atoms with Crippen LogP contribution in [0.5, 0.6) is 0 Å². The summed E-state index contributed by atoms with van der Waals surface area (Å²) in [6.45, 7) is 0. The molecule has 0 aromatic heterocycles. The van der Waals surface area contributed by atoms with Gasteiger partial charge >= 0.3 is 5.00 Å². The minimum absolute atomic E-state index is 0.262. The summed E-state index contributed by atoms with van der Waals surface area (Å²) in [4.78, 5) is 8.38. The van der Waals surface area contributed by atoms with Gasteiger partial charge in [-0.05, 0) is 11.6 Å². The fourth-order valence-corrected chi connectivity index (χ4v) is 0.880. The maximum Gasteiger partial charge on any atom is 0.317 e. The van der Waals surface area contributed by atoms with Gasteiger partial charge in [-0.3, -0.25) is 10.1 Å². The lowest BCUT2D eigenvalue weighted by Crippen LogP contribution is -2.29. The van der Waals surface area contributed by atoms with Gasteiger partial charge in [0, 0.05) is 11.0 Å². The molecule has 0 aromatic carbocycles. The zero-order valence-corrected chi connectivity index (χ0v) is 5.91. The Bertz CT molecular complexity index is 212. The summed E-state index contributed by atoms with van der Waals surface area (Å²) in [7, 11) is 0. The van der Waals surface area contributed by atoms with Gasteiger partial charge in [-0.2, -0.15) is 0 Å². The first kappa shape index (κ1) is 7.28. The van der Waals surface area contributed by atoms with Crippen molar-refractivity contribution in [2.24, 2.45) is 0 Å². The average Bonchev–Trinajstić information content (AvgIpc) is 1.89. The molecule has 0 heterocycles. The molecule has 0 radical (unpaired) electrons. The van der Waals surface area contributed by atoms with Crippen LogP contribution >= 0.6 is 11.6 Å². The highest BCUT2D eigenvalue weighted by molar-refractivity contribution is 6.24. The van der Waals surface area contributed by atoms with Gasteiger partial charge in [-0.25, -0.2) is 0 Å². The number of nitrogens with zero attached hydrogens (tertiary/aromatic N) is 1. The number of allylic oxidation sites excluding steroid dienone is 2. The average molecular weight is 160 g/mol. The SMILES string of the molecule is O=[N+]([O-])C1(Cl)C=CC=CC1. The van der Waals surface area contributed by atoms with Crippen LogP contribution in [0, 0.1) is 10.1 Å². The second-order valence-electron chi connectivity index (χ2n) is 2.07. The third-order valence-corrected chi connectivity index (χ3v) is 1.72. The van der Waals surface area contributed by atoms with Gasteiger partial charge in [0.1, 0.15) is 0 Å². The van der Waals surface area contributed by atoms with E-state index in [1.54, 1.807) is 18.2 Å². The van der Waals surface area contributed by atoms with E-state index in [1.165, 1.54) is 6.08 Å². The van der Waals surface area contributed by atoms with Gasteiger partial charge in [0.2, 0.25) is 0 Å². The number of alkyl halides is 1. The lowest BCUT2D eigenvalue weighted by Gasteiger charge is -2.13. The molecule has 1 aliphatic rings. The quantitative estimate of drug-likeness (QED) is 0.253. The molecule has 0 aromatic rings. The molecular formula is C6H6ClNO2. The van der Waals surface area contributed by atoms with E-state index in [-0.39, 0.29) is 6.42 Å². The van der Waals surface area contributed by atoms with E-state index in [4.69, 9.17) is 11.6 Å². The van der Waals surface area contributed by atoms with Crippen LogP contribution in [-0.4, -0.2) is 9.92 Å². The van der Waals surface area contributed by atoms with Crippen LogP contribution in [0.3, 0.4) is 0 Å². The Morgan fingerprint density at radius 1 is 1.60 bits per heavy atom. The van der Waals surface area contributed by atoms with Crippen molar-refractivity contribution in [3.63, 3.8) is 0 Å². The predicted octanol–water partition coefficient (Wildman–Crippen LogP) is 1.71. The van der Waals surface area contributed by atoms with Gasteiger partial charge in [-0.15, -0.1) is 0 Å². The summed E-state index contributed by atoms with van der Waals surface area (Å²) in [5, 5.41) is 10.3. The highest BCUT2D eigenvalue weighted by atomic mass is 35.5. The molecule has 0 amide bonds. The first-order valence-corrected chi connectivity index (χ1v) is 3.21. The van der Waals surface area contributed by atoms with E-state index in [0.717, 1.165) is 0 Å². The van der Waals surface area contributed by atoms with Crippen LogP contribution in [0.25, 0.3) is 0 Å². The number of rotatable bonds is 1. The van der Waals surface area contributed by atoms with Crippen LogP contribution in [0.2, 0.25) is 0 Å². The zero-order valence-electron chi connectivity index (χ0n) is 5.16. The predicted molar refractivity (Wildman–Crippen MR) is 38.5 cm³/mol. The Morgan fingerprint density at radius 2 is 2.30 bits per heavy atom. The molecular weight excluding hydrogens is 154 g/mol. The van der Waals surface area contributed by atoms with Crippen LogP contribution in [0.4, 0.5) is 0 Å². The van der Waals surface area contributed by atoms with Crippen molar-refractivity contribution in [3.05, 3.63) is 34.4 Å². The summed E-state index contributed by atoms with van der Waals surface area (Å²) in [6, 6.07) is 0. The van der Waals surface area contributed by atoms with E-state index in [0.29, 0.717) is 0 Å². The van der Waals surface area contributed by atoms with E-state index < -0.39 is 9.92 Å².